The predicted molar refractivity (Wildman–Crippen MR) is 72.0 cm³/mol. The van der Waals surface area contributed by atoms with E-state index in [2.05, 4.69) is 9.97 Å². The van der Waals surface area contributed by atoms with Crippen molar-refractivity contribution in [3.63, 3.8) is 0 Å². The highest BCUT2D eigenvalue weighted by molar-refractivity contribution is 6.29. The summed E-state index contributed by atoms with van der Waals surface area (Å²) in [6.45, 7) is 3.86. The fraction of sp³-hybridized carbons (Fsp3) is 0.636. The van der Waals surface area contributed by atoms with Crippen LogP contribution in [-0.2, 0) is 9.47 Å². The molecule has 1 aromatic heterocycles. The number of hydrogen-bond acceptors (Lipinski definition) is 6. The summed E-state index contributed by atoms with van der Waals surface area (Å²) in [4.78, 5) is 10.1. The van der Waals surface area contributed by atoms with Gasteiger partial charge in [0.05, 0.1) is 19.3 Å². The van der Waals surface area contributed by atoms with Gasteiger partial charge in [-0.1, -0.05) is 11.6 Å². The summed E-state index contributed by atoms with van der Waals surface area (Å²) in [7, 11) is 3.31. The Kier molecular flexibility index (Phi) is 6.11. The molecule has 0 aliphatic rings. The molecule has 0 saturated carbocycles. The van der Waals surface area contributed by atoms with E-state index in [1.54, 1.807) is 20.3 Å². The number of halogens is 1. The molecule has 1 aromatic rings. The summed E-state index contributed by atoms with van der Waals surface area (Å²) >= 11 is 5.89. The fourth-order valence-electron chi connectivity index (χ4n) is 1.65. The van der Waals surface area contributed by atoms with Gasteiger partial charge in [0.15, 0.2) is 0 Å². The molecule has 0 aliphatic carbocycles. The van der Waals surface area contributed by atoms with Crippen LogP contribution >= 0.6 is 11.6 Å². The van der Waals surface area contributed by atoms with Gasteiger partial charge in [-0.15, -0.1) is 0 Å². The molecule has 0 amide bonds. The first kappa shape index (κ1) is 14.9. The van der Waals surface area contributed by atoms with Gasteiger partial charge in [0.25, 0.3) is 0 Å². The van der Waals surface area contributed by atoms with Crippen molar-refractivity contribution >= 4 is 23.4 Å². The number of nitrogens with two attached hydrogens (primary N) is 1. The molecule has 0 saturated heterocycles. The molecule has 0 spiro atoms. The Morgan fingerprint density at radius 2 is 2.11 bits per heavy atom. The summed E-state index contributed by atoms with van der Waals surface area (Å²) in [6.07, 6.45) is 0. The number of rotatable bonds is 7. The Morgan fingerprint density at radius 3 is 2.67 bits per heavy atom. The van der Waals surface area contributed by atoms with Crippen molar-refractivity contribution in [1.29, 1.82) is 0 Å². The van der Waals surface area contributed by atoms with Gasteiger partial charge in [0.2, 0.25) is 5.95 Å². The number of nitrogen functional groups attached to an aromatic ring is 1. The van der Waals surface area contributed by atoms with Gasteiger partial charge in [-0.3, -0.25) is 0 Å². The lowest BCUT2D eigenvalue weighted by atomic mass is 10.3. The van der Waals surface area contributed by atoms with Gasteiger partial charge in [0, 0.05) is 26.8 Å². The lowest BCUT2D eigenvalue weighted by Crippen LogP contribution is -2.39. The lowest BCUT2D eigenvalue weighted by molar-refractivity contribution is 0.170. The lowest BCUT2D eigenvalue weighted by Gasteiger charge is -2.29. The third-order valence-corrected chi connectivity index (χ3v) is 2.66. The topological polar surface area (TPSA) is 73.5 Å². The molecule has 102 valence electrons. The minimum absolute atomic E-state index is 0.135. The first-order valence-electron chi connectivity index (χ1n) is 5.63. The zero-order valence-corrected chi connectivity index (χ0v) is 11.6. The smallest absolute Gasteiger partial charge is 0.223 e. The first-order valence-corrected chi connectivity index (χ1v) is 6.00. The van der Waals surface area contributed by atoms with Gasteiger partial charge in [-0.25, -0.2) is 4.98 Å². The number of ether oxygens (including phenoxy) is 2. The van der Waals surface area contributed by atoms with Crippen LogP contribution in [0.15, 0.2) is 6.07 Å². The van der Waals surface area contributed by atoms with Crippen LogP contribution in [0.25, 0.3) is 0 Å². The molecule has 1 rings (SSSR count). The molecule has 1 heterocycles. The number of nitrogens with zero attached hydrogens (tertiary/aromatic N) is 3. The van der Waals surface area contributed by atoms with Crippen LogP contribution in [0.5, 0.6) is 0 Å². The Balaban J connectivity index is 2.92. The third kappa shape index (κ3) is 4.29. The van der Waals surface area contributed by atoms with Crippen molar-refractivity contribution < 1.29 is 9.47 Å². The van der Waals surface area contributed by atoms with E-state index in [-0.39, 0.29) is 12.0 Å². The number of methoxy groups -OCH3 is 2. The number of hydrogen-bond donors (Lipinski definition) is 1. The van der Waals surface area contributed by atoms with Crippen LogP contribution in [0, 0.1) is 0 Å². The zero-order valence-electron chi connectivity index (χ0n) is 10.9. The molecule has 1 atom stereocenters. The summed E-state index contributed by atoms with van der Waals surface area (Å²) in [5, 5.41) is 0.324. The second-order valence-electron chi connectivity index (χ2n) is 3.90. The molecule has 7 heteroatoms. The Labute approximate surface area is 112 Å². The van der Waals surface area contributed by atoms with Crippen molar-refractivity contribution in [3.05, 3.63) is 11.2 Å². The molecular formula is C11H19ClN4O2. The Hall–Kier alpha value is -1.11. The SMILES string of the molecule is COCCN(c1cc(Cl)nc(N)n1)C(C)COC. The minimum atomic E-state index is 0.135. The normalized spacial score (nSPS) is 12.4. The van der Waals surface area contributed by atoms with Gasteiger partial charge in [-0.05, 0) is 6.92 Å². The predicted octanol–water partition coefficient (Wildman–Crippen LogP) is 1.20. The van der Waals surface area contributed by atoms with Crippen LogP contribution < -0.4 is 10.6 Å². The minimum Gasteiger partial charge on any atom is -0.383 e. The van der Waals surface area contributed by atoms with E-state index in [9.17, 15) is 0 Å². The van der Waals surface area contributed by atoms with Crippen LogP contribution in [0.4, 0.5) is 11.8 Å². The quantitative estimate of drug-likeness (QED) is 0.753. The Bertz CT molecular complexity index is 358. The van der Waals surface area contributed by atoms with Crippen molar-refractivity contribution in [2.75, 3.05) is 44.6 Å². The van der Waals surface area contributed by atoms with Crippen LogP contribution in [0.2, 0.25) is 5.15 Å². The van der Waals surface area contributed by atoms with E-state index in [0.717, 1.165) is 0 Å². The molecule has 0 radical (unpaired) electrons. The van der Waals surface area contributed by atoms with E-state index in [1.807, 2.05) is 11.8 Å². The number of anilines is 2. The maximum atomic E-state index is 5.89. The Morgan fingerprint density at radius 1 is 1.39 bits per heavy atom. The van der Waals surface area contributed by atoms with Gasteiger partial charge in [-0.2, -0.15) is 4.98 Å². The molecule has 2 N–H and O–H groups in total. The van der Waals surface area contributed by atoms with Crippen molar-refractivity contribution in [3.8, 4) is 0 Å². The molecule has 0 bridgehead atoms. The maximum absolute atomic E-state index is 5.89. The highest BCUT2D eigenvalue weighted by atomic mass is 35.5. The molecule has 0 fully saturated rings. The van der Waals surface area contributed by atoms with E-state index in [1.165, 1.54) is 0 Å². The monoisotopic (exact) mass is 274 g/mol. The van der Waals surface area contributed by atoms with Crippen molar-refractivity contribution in [1.82, 2.24) is 9.97 Å². The van der Waals surface area contributed by atoms with Crippen LogP contribution in [-0.4, -0.2) is 50.0 Å². The van der Waals surface area contributed by atoms with E-state index < -0.39 is 0 Å². The first-order chi connectivity index (χ1) is 8.58. The largest absolute Gasteiger partial charge is 0.383 e. The fourth-order valence-corrected chi connectivity index (χ4v) is 1.84. The van der Waals surface area contributed by atoms with Gasteiger partial charge >= 0.3 is 0 Å². The summed E-state index contributed by atoms with van der Waals surface area (Å²) < 4.78 is 10.2. The molecule has 0 aromatic carbocycles. The summed E-state index contributed by atoms with van der Waals surface area (Å²) in [5.74, 6) is 0.832. The second-order valence-corrected chi connectivity index (χ2v) is 4.28. The van der Waals surface area contributed by atoms with Gasteiger partial charge in [0.1, 0.15) is 11.0 Å². The molecule has 18 heavy (non-hydrogen) atoms. The third-order valence-electron chi connectivity index (χ3n) is 2.47. The summed E-state index contributed by atoms with van der Waals surface area (Å²) in [5.41, 5.74) is 5.60. The van der Waals surface area contributed by atoms with Crippen molar-refractivity contribution in [2.24, 2.45) is 0 Å². The molecule has 1 unspecified atom stereocenters. The highest BCUT2D eigenvalue weighted by Gasteiger charge is 2.16. The van der Waals surface area contributed by atoms with E-state index >= 15 is 0 Å². The zero-order chi connectivity index (χ0) is 13.5. The summed E-state index contributed by atoms with van der Waals surface area (Å²) in [6, 6.07) is 1.82. The van der Waals surface area contributed by atoms with Crippen LogP contribution in [0.3, 0.4) is 0 Å². The average Bonchev–Trinajstić information content (AvgIpc) is 2.28. The van der Waals surface area contributed by atoms with Gasteiger partial charge < -0.3 is 20.1 Å². The second kappa shape index (κ2) is 7.35. The molecule has 6 nitrogen and oxygen atoms in total. The van der Waals surface area contributed by atoms with Crippen LogP contribution in [0.1, 0.15) is 6.92 Å². The molecular weight excluding hydrogens is 256 g/mol. The highest BCUT2D eigenvalue weighted by Crippen LogP contribution is 2.19. The van der Waals surface area contributed by atoms with Crippen molar-refractivity contribution in [2.45, 2.75) is 13.0 Å². The maximum Gasteiger partial charge on any atom is 0.223 e. The average molecular weight is 275 g/mol. The van der Waals surface area contributed by atoms with E-state index in [0.29, 0.717) is 30.7 Å². The van der Waals surface area contributed by atoms with E-state index in [4.69, 9.17) is 26.8 Å². The molecule has 0 aliphatic heterocycles. The number of aromatic nitrogens is 2. The standard InChI is InChI=1S/C11H19ClN4O2/c1-8(7-18-3)16(4-5-17-2)10-6-9(12)14-11(13)15-10/h6,8H,4-5,7H2,1-3H3,(H2,13,14,15).